The predicted molar refractivity (Wildman–Crippen MR) is 54.2 cm³/mol. The molecule has 0 aliphatic rings. The molecule has 0 spiro atoms. The molecule has 0 aliphatic carbocycles. The molecule has 0 radical (unpaired) electrons. The van der Waals surface area contributed by atoms with Crippen LogP contribution < -0.4 is 69.6 Å². The Hall–Kier alpha value is 0.110. The second-order valence-corrected chi connectivity index (χ2v) is 5.83. The van der Waals surface area contributed by atoms with Gasteiger partial charge < -0.3 is 24.7 Å². The minimum Gasteiger partial charge on any atom is -0.744 e. The summed E-state index contributed by atoms with van der Waals surface area (Å²) in [5.41, 5.74) is 4.58. The second-order valence-electron chi connectivity index (χ2n) is 3.10. The van der Waals surface area contributed by atoms with Gasteiger partial charge in [-0.15, -0.1) is 0 Å². The third-order valence-corrected chi connectivity index (χ3v) is 3.42. The maximum absolute atomic E-state index is 10.9. The fourth-order valence-electron chi connectivity index (χ4n) is 1.10. The molecule has 21 heavy (non-hydrogen) atoms. The number of benzene rings is 1. The van der Waals surface area contributed by atoms with Crippen LogP contribution in [0.5, 0.6) is 11.5 Å². The van der Waals surface area contributed by atoms with Crippen LogP contribution in [0.4, 0.5) is 4.79 Å². The van der Waals surface area contributed by atoms with Gasteiger partial charge in [-0.25, -0.2) is 21.6 Å². The number of aromatic hydroxyl groups is 1. The molecular formula is C7H5NNa2O9S2. The first kappa shape index (κ1) is 23.4. The Kier molecular flexibility index (Phi) is 9.02. The molecule has 3 N–H and O–H groups in total. The summed E-state index contributed by atoms with van der Waals surface area (Å²) in [6.07, 6.45) is -1.56. The van der Waals surface area contributed by atoms with Crippen LogP contribution in [-0.2, 0) is 20.2 Å². The minimum atomic E-state index is -5.33. The van der Waals surface area contributed by atoms with Crippen molar-refractivity contribution in [1.82, 2.24) is 0 Å². The van der Waals surface area contributed by atoms with E-state index < -0.39 is 47.6 Å². The molecule has 0 aromatic heterocycles. The summed E-state index contributed by atoms with van der Waals surface area (Å²) < 4.78 is 68.8. The fourth-order valence-corrected chi connectivity index (χ4v) is 2.33. The van der Waals surface area contributed by atoms with Gasteiger partial charge in [-0.2, -0.15) is 0 Å². The van der Waals surface area contributed by atoms with Crippen LogP contribution in [-0.4, -0.2) is 37.1 Å². The van der Waals surface area contributed by atoms with Crippen LogP contribution in [0.15, 0.2) is 21.9 Å². The predicted octanol–water partition coefficient (Wildman–Crippen LogP) is -7.33. The van der Waals surface area contributed by atoms with Gasteiger partial charge in [-0.1, -0.05) is 0 Å². The molecule has 14 heteroatoms. The van der Waals surface area contributed by atoms with Crippen LogP contribution in [0.1, 0.15) is 0 Å². The Morgan fingerprint density at radius 2 is 1.57 bits per heavy atom. The first-order chi connectivity index (χ1) is 8.43. The van der Waals surface area contributed by atoms with Gasteiger partial charge in [0.1, 0.15) is 25.1 Å². The van der Waals surface area contributed by atoms with Gasteiger partial charge in [0.05, 0.1) is 4.90 Å². The van der Waals surface area contributed by atoms with Crippen LogP contribution in [0, 0.1) is 0 Å². The number of carbonyl (C=O) groups excluding carboxylic acids is 1. The molecular weight excluding hydrogens is 352 g/mol. The molecule has 0 unspecified atom stereocenters. The summed E-state index contributed by atoms with van der Waals surface area (Å²) >= 11 is 0. The normalized spacial score (nSPS) is 11.0. The number of hydrogen-bond donors (Lipinski definition) is 2. The van der Waals surface area contributed by atoms with Gasteiger partial charge in [-0.05, 0) is 6.07 Å². The summed E-state index contributed by atoms with van der Waals surface area (Å²) in [6, 6.07) is 0.470. The molecule has 0 saturated carbocycles. The Balaban J connectivity index is 0. The number of phenolic OH excluding ortho intramolecular Hbond substituents is 1. The SMILES string of the molecule is NC(=O)Oc1c(O)cc(S(=O)(=O)[O-])cc1S(=O)(=O)[O-].[Na+].[Na+]. The van der Waals surface area contributed by atoms with E-state index in [2.05, 4.69) is 10.5 Å². The van der Waals surface area contributed by atoms with Crippen molar-refractivity contribution in [3.63, 3.8) is 0 Å². The minimum absolute atomic E-state index is 0. The van der Waals surface area contributed by atoms with Gasteiger partial charge in [0, 0.05) is 6.07 Å². The molecule has 0 fully saturated rings. The first-order valence-corrected chi connectivity index (χ1v) is 7.00. The molecule has 1 rings (SSSR count). The molecule has 0 aliphatic heterocycles. The van der Waals surface area contributed by atoms with Crippen molar-refractivity contribution in [1.29, 1.82) is 0 Å². The van der Waals surface area contributed by atoms with E-state index in [1.54, 1.807) is 0 Å². The molecule has 1 amide bonds. The van der Waals surface area contributed by atoms with Crippen molar-refractivity contribution >= 4 is 26.3 Å². The van der Waals surface area contributed by atoms with Crippen LogP contribution in [0.25, 0.3) is 0 Å². The van der Waals surface area contributed by atoms with Crippen LogP contribution in [0.2, 0.25) is 0 Å². The monoisotopic (exact) mass is 357 g/mol. The zero-order valence-electron chi connectivity index (χ0n) is 10.8. The summed E-state index contributed by atoms with van der Waals surface area (Å²) in [7, 11) is -10.5. The average Bonchev–Trinajstić information content (AvgIpc) is 2.16. The number of phenols is 1. The van der Waals surface area contributed by atoms with E-state index in [-0.39, 0.29) is 65.2 Å². The quantitative estimate of drug-likeness (QED) is 0.391. The Morgan fingerprint density at radius 3 is 1.90 bits per heavy atom. The molecule has 0 bridgehead atoms. The standard InChI is InChI=1S/C7H7NO9S2.2Na/c8-7(10)17-6-4(9)1-3(18(11,12)13)2-5(6)19(14,15)16;;/h1-2,9H,(H2,8,10)(H,11,12,13)(H,14,15,16);;/q;2*+1/p-2. The number of primary amides is 1. The molecule has 0 atom stereocenters. The number of nitrogens with two attached hydrogens (primary N) is 1. The van der Waals surface area contributed by atoms with Crippen molar-refractivity contribution in [3.05, 3.63) is 12.1 Å². The third-order valence-electron chi connectivity index (χ3n) is 1.77. The van der Waals surface area contributed by atoms with E-state index >= 15 is 0 Å². The molecule has 1 aromatic carbocycles. The van der Waals surface area contributed by atoms with E-state index in [1.807, 2.05) is 0 Å². The molecule has 106 valence electrons. The third kappa shape index (κ3) is 6.40. The summed E-state index contributed by atoms with van der Waals surface area (Å²) in [4.78, 5) is 7.91. The summed E-state index contributed by atoms with van der Waals surface area (Å²) in [5.74, 6) is -2.37. The summed E-state index contributed by atoms with van der Waals surface area (Å²) in [5, 5.41) is 9.31. The summed E-state index contributed by atoms with van der Waals surface area (Å²) in [6.45, 7) is 0. The zero-order valence-corrected chi connectivity index (χ0v) is 16.4. The topological polar surface area (TPSA) is 187 Å². The van der Waals surface area contributed by atoms with Crippen LogP contribution >= 0.6 is 0 Å². The Bertz CT molecular complexity index is 744. The van der Waals surface area contributed by atoms with Crippen molar-refractivity contribution in [2.45, 2.75) is 9.79 Å². The van der Waals surface area contributed by atoms with Crippen molar-refractivity contribution < 1.29 is 99.7 Å². The van der Waals surface area contributed by atoms with Gasteiger partial charge >= 0.3 is 65.2 Å². The Labute approximate surface area is 163 Å². The second kappa shape index (κ2) is 8.10. The molecule has 0 heterocycles. The number of rotatable bonds is 3. The van der Waals surface area contributed by atoms with E-state index in [4.69, 9.17) is 0 Å². The van der Waals surface area contributed by atoms with Gasteiger partial charge in [0.15, 0.2) is 11.5 Å². The molecule has 0 saturated heterocycles. The maximum atomic E-state index is 10.9. The van der Waals surface area contributed by atoms with Gasteiger partial charge in [-0.3, -0.25) is 0 Å². The van der Waals surface area contributed by atoms with E-state index in [9.17, 15) is 35.8 Å². The van der Waals surface area contributed by atoms with E-state index in [1.165, 1.54) is 0 Å². The smallest absolute Gasteiger partial charge is 0.744 e. The average molecular weight is 357 g/mol. The molecule has 1 aromatic rings. The number of amides is 1. The van der Waals surface area contributed by atoms with E-state index in [0.717, 1.165) is 0 Å². The van der Waals surface area contributed by atoms with Crippen LogP contribution in [0.3, 0.4) is 0 Å². The number of ether oxygens (including phenoxy) is 1. The van der Waals surface area contributed by atoms with Crippen molar-refractivity contribution in [2.75, 3.05) is 0 Å². The molecule has 10 nitrogen and oxygen atoms in total. The van der Waals surface area contributed by atoms with E-state index in [0.29, 0.717) is 6.07 Å². The number of carbonyl (C=O) groups is 1. The zero-order chi connectivity index (χ0) is 15.0. The Morgan fingerprint density at radius 1 is 1.10 bits per heavy atom. The first-order valence-electron chi connectivity index (χ1n) is 4.19. The largest absolute Gasteiger partial charge is 1.00 e. The fraction of sp³-hybridized carbons (Fsp3) is 0. The van der Waals surface area contributed by atoms with Gasteiger partial charge in [0.25, 0.3) is 0 Å². The van der Waals surface area contributed by atoms with Gasteiger partial charge in [0.2, 0.25) is 0 Å². The van der Waals surface area contributed by atoms with Crippen molar-refractivity contribution in [3.8, 4) is 11.5 Å². The van der Waals surface area contributed by atoms with Crippen molar-refractivity contribution in [2.24, 2.45) is 5.73 Å². The maximum Gasteiger partial charge on any atom is 1.00 e. The number of hydrogen-bond acceptors (Lipinski definition) is 9.